The Morgan fingerprint density at radius 3 is 1.48 bits per heavy atom. The Morgan fingerprint density at radius 1 is 0.600 bits per heavy atom. The van der Waals surface area contributed by atoms with Gasteiger partial charge in [-0.25, -0.2) is 0 Å². The van der Waals surface area contributed by atoms with Crippen molar-refractivity contribution in [3.63, 3.8) is 0 Å². The quantitative estimate of drug-likeness (QED) is 0.0361. The molecule has 0 aromatic heterocycles. The molecule has 0 saturated heterocycles. The van der Waals surface area contributed by atoms with Crippen molar-refractivity contribution in [3.05, 3.63) is 121 Å². The van der Waals surface area contributed by atoms with E-state index >= 15 is 0 Å². The van der Waals surface area contributed by atoms with Gasteiger partial charge in [-0.15, -0.1) is 0 Å². The summed E-state index contributed by atoms with van der Waals surface area (Å²) in [5, 5.41) is 4.47. The summed E-state index contributed by atoms with van der Waals surface area (Å²) in [6, 6.07) is 41.0. The molecule has 0 heterocycles. The Bertz CT molecular complexity index is 1230. The first-order valence-corrected chi connectivity index (χ1v) is 17.2. The number of carbonyl (C=O) groups is 1. The maximum absolute atomic E-state index is 12.2. The normalized spacial score (nSPS) is 11.6. The molecule has 0 aliphatic carbocycles. The van der Waals surface area contributed by atoms with E-state index in [9.17, 15) is 4.79 Å². The first-order chi connectivity index (χ1) is 19.6. The number of thiocarbonyl (C=S) groups is 1. The number of ether oxygens (including phenoxy) is 1. The van der Waals surface area contributed by atoms with Crippen molar-refractivity contribution in [2.75, 3.05) is 6.16 Å². The summed E-state index contributed by atoms with van der Waals surface area (Å²) in [5.41, 5.74) is 0.989. The fourth-order valence-electron chi connectivity index (χ4n) is 5.58. The van der Waals surface area contributed by atoms with Gasteiger partial charge in [0.15, 0.2) is 0 Å². The van der Waals surface area contributed by atoms with Crippen LogP contribution in [0, 0.1) is 0 Å². The van der Waals surface area contributed by atoms with Crippen molar-refractivity contribution in [2.45, 2.75) is 58.3 Å². The third-order valence-electron chi connectivity index (χ3n) is 7.72. The van der Waals surface area contributed by atoms with E-state index in [1.165, 1.54) is 47.8 Å². The number of hydrogen-bond donors (Lipinski definition) is 0. The third-order valence-corrected chi connectivity index (χ3v) is 13.0. The summed E-state index contributed by atoms with van der Waals surface area (Å²) in [5.74, 6) is 0.432. The fraction of sp³-hybridized carbons (Fsp3) is 0.278. The van der Waals surface area contributed by atoms with Crippen molar-refractivity contribution >= 4 is 46.2 Å². The average Bonchev–Trinajstić information content (AvgIpc) is 3.00. The maximum Gasteiger partial charge on any atom is -0.0185 e. The van der Waals surface area contributed by atoms with Crippen LogP contribution in [0.25, 0.3) is 0 Å². The Balaban J connectivity index is 1.24. The van der Waals surface area contributed by atoms with E-state index in [4.69, 9.17) is 17.0 Å². The van der Waals surface area contributed by atoms with E-state index in [1.807, 2.05) is 31.2 Å². The summed E-state index contributed by atoms with van der Waals surface area (Å²) in [7, 11) is -2.12. The van der Waals surface area contributed by atoms with Crippen LogP contribution in [-0.4, -0.2) is 17.0 Å². The van der Waals surface area contributed by atoms with Crippen molar-refractivity contribution in [1.82, 2.24) is 0 Å². The second kappa shape index (κ2) is 15.6. The van der Waals surface area contributed by atoms with Gasteiger partial charge in [0.2, 0.25) is 0 Å². The summed E-state index contributed by atoms with van der Waals surface area (Å²) in [6.07, 6.45) is 9.68. The SMILES string of the molecule is CC(=S)c1ccc(OC(=O)CCCCCCCCC[PH](c2ccccc2)(c2ccccc2)c2ccccc2)cc1. The zero-order valence-corrected chi connectivity index (χ0v) is 25.4. The molecule has 4 rings (SSSR count). The molecule has 40 heavy (non-hydrogen) atoms. The van der Waals surface area contributed by atoms with Crippen LogP contribution in [0.1, 0.15) is 63.9 Å². The summed E-state index contributed by atoms with van der Waals surface area (Å²) >= 11 is 5.18. The molecule has 0 fully saturated rings. The van der Waals surface area contributed by atoms with Crippen molar-refractivity contribution in [2.24, 2.45) is 0 Å². The van der Waals surface area contributed by atoms with Crippen LogP contribution in [0.5, 0.6) is 5.75 Å². The minimum absolute atomic E-state index is 0.157. The van der Waals surface area contributed by atoms with Crippen LogP contribution < -0.4 is 20.7 Å². The van der Waals surface area contributed by atoms with Gasteiger partial charge in [-0.3, -0.25) is 0 Å². The Kier molecular flexibility index (Phi) is 11.6. The molecule has 4 aromatic carbocycles. The van der Waals surface area contributed by atoms with Crippen molar-refractivity contribution < 1.29 is 9.53 Å². The first-order valence-electron chi connectivity index (χ1n) is 14.6. The van der Waals surface area contributed by atoms with E-state index < -0.39 is 7.26 Å². The predicted octanol–water partition coefficient (Wildman–Crippen LogP) is 8.18. The van der Waals surface area contributed by atoms with Gasteiger partial charge >= 0.3 is 193 Å². The molecular weight excluding hydrogens is 527 g/mol. The fourth-order valence-corrected chi connectivity index (χ4v) is 10.7. The zero-order chi connectivity index (χ0) is 28.0. The average molecular weight is 569 g/mol. The molecule has 0 aliphatic heterocycles. The van der Waals surface area contributed by atoms with Gasteiger partial charge in [-0.05, 0) is 24.6 Å². The van der Waals surface area contributed by atoms with E-state index in [-0.39, 0.29) is 5.97 Å². The van der Waals surface area contributed by atoms with Gasteiger partial charge in [0.05, 0.1) is 0 Å². The second-order valence-corrected chi connectivity index (χ2v) is 15.2. The minimum atomic E-state index is -2.12. The summed E-state index contributed by atoms with van der Waals surface area (Å²) in [4.78, 5) is 13.0. The molecule has 0 N–H and O–H groups in total. The molecule has 0 atom stereocenters. The molecule has 4 heteroatoms. The van der Waals surface area contributed by atoms with Crippen molar-refractivity contribution in [3.8, 4) is 5.75 Å². The Morgan fingerprint density at radius 2 is 1.02 bits per heavy atom. The number of rotatable bonds is 15. The van der Waals surface area contributed by atoms with E-state index in [2.05, 4.69) is 91.0 Å². The maximum atomic E-state index is 12.2. The van der Waals surface area contributed by atoms with Gasteiger partial charge in [0.25, 0.3) is 0 Å². The molecule has 0 spiro atoms. The molecule has 208 valence electrons. The molecule has 0 amide bonds. The van der Waals surface area contributed by atoms with Crippen LogP contribution in [0.15, 0.2) is 115 Å². The number of hydrogen-bond acceptors (Lipinski definition) is 3. The molecule has 0 saturated carbocycles. The van der Waals surface area contributed by atoms with Gasteiger partial charge < -0.3 is 0 Å². The van der Waals surface area contributed by atoms with Crippen molar-refractivity contribution in [1.29, 1.82) is 0 Å². The van der Waals surface area contributed by atoms with E-state index in [0.717, 1.165) is 29.7 Å². The topological polar surface area (TPSA) is 26.3 Å². The Labute approximate surface area is 246 Å². The molecule has 0 unspecified atom stereocenters. The monoisotopic (exact) mass is 568 g/mol. The summed E-state index contributed by atoms with van der Waals surface area (Å²) in [6.45, 7) is 1.89. The number of benzene rings is 4. The number of carbonyl (C=O) groups excluding carboxylic acids is 1. The van der Waals surface area contributed by atoms with E-state index in [0.29, 0.717) is 12.2 Å². The zero-order valence-electron chi connectivity index (χ0n) is 23.6. The molecule has 0 radical (unpaired) electrons. The van der Waals surface area contributed by atoms with E-state index in [1.54, 1.807) is 0 Å². The third kappa shape index (κ3) is 8.19. The van der Waals surface area contributed by atoms with Gasteiger partial charge in [-0.2, -0.15) is 0 Å². The first kappa shape index (κ1) is 29.8. The molecule has 4 aromatic rings. The largest absolute Gasteiger partial charge is 0.0502 e. The van der Waals surface area contributed by atoms with Crippen LogP contribution in [-0.2, 0) is 4.79 Å². The van der Waals surface area contributed by atoms with Crippen LogP contribution >= 0.6 is 19.5 Å². The van der Waals surface area contributed by atoms with Gasteiger partial charge in [0.1, 0.15) is 0 Å². The Hall–Kier alpha value is -3.13. The van der Waals surface area contributed by atoms with Gasteiger partial charge in [0, 0.05) is 4.86 Å². The number of unbranched alkanes of at least 4 members (excludes halogenated alkanes) is 6. The summed E-state index contributed by atoms with van der Waals surface area (Å²) < 4.78 is 5.47. The molecular formula is C36H41O2PS. The van der Waals surface area contributed by atoms with Crippen LogP contribution in [0.2, 0.25) is 0 Å². The molecule has 0 aliphatic rings. The van der Waals surface area contributed by atoms with Gasteiger partial charge in [-0.1, -0.05) is 24.4 Å². The predicted molar refractivity (Wildman–Crippen MR) is 178 cm³/mol. The molecule has 2 nitrogen and oxygen atoms in total. The molecule has 0 bridgehead atoms. The van der Waals surface area contributed by atoms with Crippen LogP contribution in [0.3, 0.4) is 0 Å². The minimum Gasteiger partial charge on any atom is -0.0502 e. The number of esters is 1. The second-order valence-electron chi connectivity index (χ2n) is 10.5. The van der Waals surface area contributed by atoms with Crippen LogP contribution in [0.4, 0.5) is 0 Å². The standard InChI is InChI=1S/C36H41O2PS/c1-30(40)31-25-27-32(28-26-31)38-36(37)24-16-5-3-2-4-6-17-29-39(33-18-10-7-11-19-33,34-20-12-8-13-21-34)35-22-14-9-15-23-35/h7-15,18-23,25-28,39H,2-6,16-17,24,29H2,1H3. The smallest absolute Gasteiger partial charge is 0.0185 e.